The molecule has 0 aromatic rings. The van der Waals surface area contributed by atoms with Crippen molar-refractivity contribution < 1.29 is 38.2 Å². The summed E-state index contributed by atoms with van der Waals surface area (Å²) >= 11 is 0. The van der Waals surface area contributed by atoms with Gasteiger partial charge in [-0.3, -0.25) is 9.59 Å². The van der Waals surface area contributed by atoms with Gasteiger partial charge >= 0.3 is 11.9 Å². The molecule has 0 rings (SSSR count). The van der Waals surface area contributed by atoms with E-state index in [2.05, 4.69) is 74.6 Å². The number of carbonyl (C=O) groups excluding carboxylic acids is 3. The van der Waals surface area contributed by atoms with Crippen molar-refractivity contribution in [1.82, 2.24) is 0 Å². The van der Waals surface area contributed by atoms with E-state index in [0.29, 0.717) is 12.8 Å². The Hall–Kier alpha value is -2.97. The summed E-state index contributed by atoms with van der Waals surface area (Å²) in [6.07, 6.45) is 39.7. The summed E-state index contributed by atoms with van der Waals surface area (Å²) in [7, 11) is 5.37. The Balaban J connectivity index is 4.52. The third-order valence-electron chi connectivity index (χ3n) is 8.42. The van der Waals surface area contributed by atoms with Gasteiger partial charge in [-0.15, -0.1) is 0 Å². The Kier molecular flexibility index (Phi) is 32.1. The van der Waals surface area contributed by atoms with Crippen molar-refractivity contribution in [3.63, 3.8) is 0 Å². The van der Waals surface area contributed by atoms with E-state index < -0.39 is 18.1 Å². The number of hydrogen-bond acceptors (Lipinski definition) is 7. The average Bonchev–Trinajstić information content (AvgIpc) is 3.08. The van der Waals surface area contributed by atoms with Crippen molar-refractivity contribution in [3.05, 3.63) is 60.8 Å². The number of allylic oxidation sites excluding steroid dienone is 10. The van der Waals surface area contributed by atoms with Gasteiger partial charge < -0.3 is 28.6 Å². The molecule has 0 aromatic heterocycles. The molecule has 0 N–H and O–H groups in total. The number of carboxylic acids is 1. The molecule has 0 heterocycles. The van der Waals surface area contributed by atoms with Crippen LogP contribution in [0.3, 0.4) is 0 Å². The van der Waals surface area contributed by atoms with Gasteiger partial charge in [0, 0.05) is 19.3 Å². The third-order valence-corrected chi connectivity index (χ3v) is 8.42. The van der Waals surface area contributed by atoms with E-state index in [4.69, 9.17) is 14.2 Å². The largest absolute Gasteiger partial charge is 0.544 e. The molecule has 2 atom stereocenters. The second-order valence-electron chi connectivity index (χ2n) is 14.1. The minimum atomic E-state index is -1.14. The van der Waals surface area contributed by atoms with E-state index in [1.165, 1.54) is 44.9 Å². The summed E-state index contributed by atoms with van der Waals surface area (Å²) in [5.41, 5.74) is 0. The SMILES string of the molecule is CC/C=C\C/C=C\C/C=C\C/C=C\C/C=C\CCCC(=O)OC(COCCC(C(=O)[O-])[N+](C)(C)C)COC(=O)CCCCCCCCCCCC. The highest BCUT2D eigenvalue weighted by molar-refractivity contribution is 5.70. The highest BCUT2D eigenvalue weighted by Gasteiger charge is 2.25. The molecule has 0 saturated carbocycles. The predicted molar refractivity (Wildman–Crippen MR) is 208 cm³/mol. The van der Waals surface area contributed by atoms with Crippen LogP contribution in [0.25, 0.3) is 0 Å². The monoisotopic (exact) mass is 716 g/mol. The number of ether oxygens (including phenoxy) is 3. The van der Waals surface area contributed by atoms with Crippen LogP contribution < -0.4 is 5.11 Å². The fraction of sp³-hybridized carbons (Fsp3) is 0.698. The van der Waals surface area contributed by atoms with Gasteiger partial charge in [0.25, 0.3) is 0 Å². The lowest BCUT2D eigenvalue weighted by Crippen LogP contribution is -2.55. The van der Waals surface area contributed by atoms with Gasteiger partial charge in [0.15, 0.2) is 6.10 Å². The first-order valence-corrected chi connectivity index (χ1v) is 19.8. The summed E-state index contributed by atoms with van der Waals surface area (Å²) < 4.78 is 17.0. The number of aliphatic carboxylic acids is 1. The molecule has 0 fully saturated rings. The maximum absolute atomic E-state index is 12.6. The van der Waals surface area contributed by atoms with Crippen LogP contribution in [0.1, 0.15) is 142 Å². The standard InChI is InChI=1S/C43H73NO7/c1-6-8-10-12-14-16-18-19-20-21-22-23-24-26-28-30-32-34-42(46)51-39(37-49-36-35-40(43(47)48)44(3,4)5)38-50-41(45)33-31-29-27-25-17-15-13-11-9-7-2/h8,10,14,16,19-20,22-23,26,28,39-40H,6-7,9,11-13,15,17-18,21,24-25,27,29-38H2,1-5H3/b10-8-,16-14-,20-19-,23-22-,28-26-. The number of rotatable bonds is 34. The van der Waals surface area contributed by atoms with Gasteiger partial charge in [-0.05, 0) is 51.4 Å². The number of esters is 2. The quantitative estimate of drug-likeness (QED) is 0.0284. The molecule has 0 aromatic carbocycles. The predicted octanol–water partition coefficient (Wildman–Crippen LogP) is 8.91. The van der Waals surface area contributed by atoms with Gasteiger partial charge in [0.05, 0.1) is 40.3 Å². The van der Waals surface area contributed by atoms with E-state index in [9.17, 15) is 19.5 Å². The number of carbonyl (C=O) groups is 3. The van der Waals surface area contributed by atoms with Crippen molar-refractivity contribution >= 4 is 17.9 Å². The van der Waals surface area contributed by atoms with Crippen LogP contribution >= 0.6 is 0 Å². The van der Waals surface area contributed by atoms with Gasteiger partial charge in [-0.2, -0.15) is 0 Å². The molecule has 0 aliphatic heterocycles. The lowest BCUT2D eigenvalue weighted by atomic mass is 10.1. The molecule has 0 spiro atoms. The molecular weight excluding hydrogens is 642 g/mol. The minimum Gasteiger partial charge on any atom is -0.544 e. The van der Waals surface area contributed by atoms with Crippen LogP contribution in [-0.4, -0.2) is 75.5 Å². The first-order valence-electron chi connectivity index (χ1n) is 19.8. The molecule has 292 valence electrons. The summed E-state index contributed by atoms with van der Waals surface area (Å²) in [6, 6.07) is -0.735. The first-order chi connectivity index (χ1) is 24.6. The van der Waals surface area contributed by atoms with E-state index in [1.807, 2.05) is 0 Å². The molecule has 8 heteroatoms. The molecule has 51 heavy (non-hydrogen) atoms. The van der Waals surface area contributed by atoms with Crippen LogP contribution in [0.5, 0.6) is 0 Å². The van der Waals surface area contributed by atoms with Crippen LogP contribution in [0, 0.1) is 0 Å². The van der Waals surface area contributed by atoms with Gasteiger partial charge in [0.1, 0.15) is 12.6 Å². The Morgan fingerprint density at radius 3 is 1.61 bits per heavy atom. The Morgan fingerprint density at radius 2 is 1.10 bits per heavy atom. The number of hydrogen-bond donors (Lipinski definition) is 0. The van der Waals surface area contributed by atoms with E-state index in [0.717, 1.165) is 57.8 Å². The number of unbranched alkanes of at least 4 members (excludes halogenated alkanes) is 10. The number of carboxylic acid groups (broad SMARTS) is 1. The zero-order chi connectivity index (χ0) is 37.8. The summed E-state index contributed by atoms with van der Waals surface area (Å²) in [4.78, 5) is 36.6. The van der Waals surface area contributed by atoms with Crippen molar-refractivity contribution in [1.29, 1.82) is 0 Å². The first kappa shape index (κ1) is 48.0. The molecular formula is C43H73NO7. The lowest BCUT2D eigenvalue weighted by molar-refractivity contribution is -0.889. The average molecular weight is 716 g/mol. The molecule has 0 bridgehead atoms. The lowest BCUT2D eigenvalue weighted by Gasteiger charge is -2.34. The van der Waals surface area contributed by atoms with Crippen LogP contribution in [0.2, 0.25) is 0 Å². The molecule has 0 aliphatic carbocycles. The minimum absolute atomic E-state index is 0.0168. The van der Waals surface area contributed by atoms with Crippen LogP contribution in [0.4, 0.5) is 0 Å². The van der Waals surface area contributed by atoms with Crippen LogP contribution in [0.15, 0.2) is 60.8 Å². The van der Waals surface area contributed by atoms with Gasteiger partial charge in [-0.25, -0.2) is 0 Å². The third kappa shape index (κ3) is 32.7. The molecule has 0 saturated heterocycles. The normalized spacial score (nSPS) is 13.7. The van der Waals surface area contributed by atoms with Crippen molar-refractivity contribution in [2.45, 2.75) is 154 Å². The zero-order valence-corrected chi connectivity index (χ0v) is 33.0. The Morgan fingerprint density at radius 1 is 0.608 bits per heavy atom. The summed E-state index contributed by atoms with van der Waals surface area (Å²) in [5, 5.41) is 11.6. The highest BCUT2D eigenvalue weighted by Crippen LogP contribution is 2.13. The number of quaternary nitrogens is 1. The van der Waals surface area contributed by atoms with E-state index in [1.54, 1.807) is 21.1 Å². The molecule has 0 radical (unpaired) electrons. The van der Waals surface area contributed by atoms with Crippen molar-refractivity contribution in [2.24, 2.45) is 0 Å². The molecule has 2 unspecified atom stereocenters. The Bertz CT molecular complexity index is 1020. The number of likely N-dealkylation sites (N-methyl/N-ethyl adjacent to an activating group) is 1. The Labute approximate surface area is 311 Å². The van der Waals surface area contributed by atoms with E-state index >= 15 is 0 Å². The van der Waals surface area contributed by atoms with Crippen LogP contribution in [-0.2, 0) is 28.6 Å². The molecule has 0 aliphatic rings. The molecule has 8 nitrogen and oxygen atoms in total. The summed E-state index contributed by atoms with van der Waals surface area (Å²) in [6.45, 7) is 4.45. The topological polar surface area (TPSA) is 102 Å². The number of nitrogens with zero attached hydrogens (tertiary/aromatic N) is 1. The van der Waals surface area contributed by atoms with Crippen molar-refractivity contribution in [2.75, 3.05) is 41.0 Å². The fourth-order valence-electron chi connectivity index (χ4n) is 5.34. The van der Waals surface area contributed by atoms with Crippen molar-refractivity contribution in [3.8, 4) is 0 Å². The molecule has 0 amide bonds. The van der Waals surface area contributed by atoms with E-state index in [-0.39, 0.29) is 49.1 Å². The second-order valence-corrected chi connectivity index (χ2v) is 14.1. The van der Waals surface area contributed by atoms with Gasteiger partial charge in [-0.1, -0.05) is 132 Å². The maximum atomic E-state index is 12.6. The van der Waals surface area contributed by atoms with Gasteiger partial charge in [0.2, 0.25) is 0 Å². The maximum Gasteiger partial charge on any atom is 0.306 e. The second kappa shape index (κ2) is 34.1. The smallest absolute Gasteiger partial charge is 0.306 e. The summed E-state index contributed by atoms with van der Waals surface area (Å²) in [5.74, 6) is -1.82. The fourth-order valence-corrected chi connectivity index (χ4v) is 5.34. The highest BCUT2D eigenvalue weighted by atomic mass is 16.6. The zero-order valence-electron chi connectivity index (χ0n) is 33.0.